The number of nitrogens with two attached hydrogens (primary N) is 1. The third kappa shape index (κ3) is 5.04. The minimum atomic E-state index is -3.31. The van der Waals surface area contributed by atoms with Crippen LogP contribution >= 0.6 is 0 Å². The van der Waals surface area contributed by atoms with E-state index in [0.717, 1.165) is 25.7 Å². The number of hydrogen-bond donors (Lipinski definition) is 3. The predicted molar refractivity (Wildman–Crippen MR) is 69.5 cm³/mol. The highest BCUT2D eigenvalue weighted by Gasteiger charge is 2.24. The van der Waals surface area contributed by atoms with Gasteiger partial charge in [-0.3, -0.25) is 5.41 Å². The standard InChI is InChI=1S/C11H23N3O2S/c1-2-10(11(12)13)14-17(15,16)8-9-6-4-3-5-7-9/h9-10,14H,2-8H2,1H3,(H3,12,13). The van der Waals surface area contributed by atoms with Crippen molar-refractivity contribution in [3.63, 3.8) is 0 Å². The van der Waals surface area contributed by atoms with Gasteiger partial charge in [0.1, 0.15) is 5.84 Å². The van der Waals surface area contributed by atoms with Crippen LogP contribution in [0.1, 0.15) is 45.4 Å². The van der Waals surface area contributed by atoms with Gasteiger partial charge in [-0.2, -0.15) is 0 Å². The van der Waals surface area contributed by atoms with E-state index in [1.165, 1.54) is 6.42 Å². The van der Waals surface area contributed by atoms with Crippen molar-refractivity contribution in [2.75, 3.05) is 5.75 Å². The number of amidine groups is 1. The Bertz CT molecular complexity index is 348. The molecule has 0 aliphatic heterocycles. The fourth-order valence-corrected chi connectivity index (χ4v) is 4.07. The minimum Gasteiger partial charge on any atom is -0.386 e. The third-order valence-corrected chi connectivity index (χ3v) is 4.84. The summed E-state index contributed by atoms with van der Waals surface area (Å²) in [6, 6.07) is -0.552. The van der Waals surface area contributed by atoms with Crippen molar-refractivity contribution in [3.05, 3.63) is 0 Å². The van der Waals surface area contributed by atoms with Gasteiger partial charge in [-0.15, -0.1) is 0 Å². The van der Waals surface area contributed by atoms with E-state index in [2.05, 4.69) is 4.72 Å². The molecular formula is C11H23N3O2S. The molecule has 17 heavy (non-hydrogen) atoms. The first-order chi connectivity index (χ1) is 7.94. The number of rotatable bonds is 6. The van der Waals surface area contributed by atoms with Gasteiger partial charge in [0, 0.05) is 0 Å². The van der Waals surface area contributed by atoms with Gasteiger partial charge < -0.3 is 5.73 Å². The average Bonchev–Trinajstić information content (AvgIpc) is 2.26. The molecule has 0 radical (unpaired) electrons. The molecule has 5 nitrogen and oxygen atoms in total. The van der Waals surface area contributed by atoms with Gasteiger partial charge in [0.2, 0.25) is 10.0 Å². The molecule has 1 fully saturated rings. The normalized spacial score (nSPS) is 20.1. The maximum Gasteiger partial charge on any atom is 0.212 e. The fourth-order valence-electron chi connectivity index (χ4n) is 2.30. The second-order valence-electron chi connectivity index (χ2n) is 4.82. The Morgan fingerprint density at radius 3 is 2.47 bits per heavy atom. The summed E-state index contributed by atoms with van der Waals surface area (Å²) in [5, 5.41) is 7.30. The average molecular weight is 261 g/mol. The van der Waals surface area contributed by atoms with Crippen LogP contribution in [0.4, 0.5) is 0 Å². The molecule has 0 aromatic rings. The molecule has 1 rings (SSSR count). The monoisotopic (exact) mass is 261 g/mol. The van der Waals surface area contributed by atoms with Crippen LogP contribution in [-0.2, 0) is 10.0 Å². The zero-order valence-electron chi connectivity index (χ0n) is 10.4. The van der Waals surface area contributed by atoms with Crippen LogP contribution in [0.3, 0.4) is 0 Å². The SMILES string of the molecule is CCC(NS(=O)(=O)CC1CCCCC1)C(=N)N. The largest absolute Gasteiger partial charge is 0.386 e. The van der Waals surface area contributed by atoms with Crippen molar-refractivity contribution in [1.82, 2.24) is 4.72 Å². The molecule has 1 aliphatic rings. The lowest BCUT2D eigenvalue weighted by Crippen LogP contribution is -2.45. The Balaban J connectivity index is 2.52. The fraction of sp³-hybridized carbons (Fsp3) is 0.909. The van der Waals surface area contributed by atoms with E-state index in [1.54, 1.807) is 0 Å². The Labute approximate surface area is 104 Å². The summed E-state index contributed by atoms with van der Waals surface area (Å²) in [7, 11) is -3.31. The molecule has 1 atom stereocenters. The Hall–Kier alpha value is -0.620. The maximum atomic E-state index is 11.9. The summed E-state index contributed by atoms with van der Waals surface area (Å²) in [6.45, 7) is 1.81. The molecule has 100 valence electrons. The molecule has 0 spiro atoms. The van der Waals surface area contributed by atoms with E-state index in [1.807, 2.05) is 6.92 Å². The lowest BCUT2D eigenvalue weighted by Gasteiger charge is -2.23. The van der Waals surface area contributed by atoms with Crippen molar-refractivity contribution in [3.8, 4) is 0 Å². The van der Waals surface area contributed by atoms with E-state index >= 15 is 0 Å². The van der Waals surface area contributed by atoms with Crippen LogP contribution in [0.25, 0.3) is 0 Å². The van der Waals surface area contributed by atoms with Gasteiger partial charge >= 0.3 is 0 Å². The highest BCUT2D eigenvalue weighted by Crippen LogP contribution is 2.24. The van der Waals surface area contributed by atoms with Crippen molar-refractivity contribution < 1.29 is 8.42 Å². The van der Waals surface area contributed by atoms with Gasteiger partial charge in [0.05, 0.1) is 11.8 Å². The van der Waals surface area contributed by atoms with Crippen LogP contribution in [0, 0.1) is 11.3 Å². The number of nitrogens with one attached hydrogen (secondary N) is 2. The highest BCUT2D eigenvalue weighted by molar-refractivity contribution is 7.89. The third-order valence-electron chi connectivity index (χ3n) is 3.29. The summed E-state index contributed by atoms with van der Waals surface area (Å²) in [4.78, 5) is 0. The van der Waals surface area contributed by atoms with Crippen LogP contribution in [-0.4, -0.2) is 26.0 Å². The first-order valence-electron chi connectivity index (χ1n) is 6.28. The van der Waals surface area contributed by atoms with Gasteiger partial charge in [0.15, 0.2) is 0 Å². The van der Waals surface area contributed by atoms with Crippen LogP contribution in [0.5, 0.6) is 0 Å². The quantitative estimate of drug-likeness (QED) is 0.495. The van der Waals surface area contributed by atoms with Gasteiger partial charge in [-0.1, -0.05) is 26.2 Å². The molecule has 1 aliphatic carbocycles. The zero-order chi connectivity index (χ0) is 12.9. The molecule has 0 heterocycles. The summed E-state index contributed by atoms with van der Waals surface area (Å²) in [5.41, 5.74) is 5.34. The van der Waals surface area contributed by atoms with E-state index in [-0.39, 0.29) is 17.5 Å². The molecule has 1 saturated carbocycles. The van der Waals surface area contributed by atoms with Gasteiger partial charge in [0.25, 0.3) is 0 Å². The van der Waals surface area contributed by atoms with Crippen molar-refractivity contribution >= 4 is 15.9 Å². The minimum absolute atomic E-state index is 0.111. The Morgan fingerprint density at radius 2 is 2.00 bits per heavy atom. The zero-order valence-corrected chi connectivity index (χ0v) is 11.2. The lowest BCUT2D eigenvalue weighted by molar-refractivity contribution is 0.383. The lowest BCUT2D eigenvalue weighted by atomic mass is 9.91. The van der Waals surface area contributed by atoms with Crippen LogP contribution in [0.15, 0.2) is 0 Å². The summed E-state index contributed by atoms with van der Waals surface area (Å²) in [5.74, 6) is 0.335. The highest BCUT2D eigenvalue weighted by atomic mass is 32.2. The second kappa shape index (κ2) is 6.35. The smallest absolute Gasteiger partial charge is 0.212 e. The number of hydrogen-bond acceptors (Lipinski definition) is 3. The van der Waals surface area contributed by atoms with E-state index in [0.29, 0.717) is 6.42 Å². The van der Waals surface area contributed by atoms with Gasteiger partial charge in [-0.25, -0.2) is 13.1 Å². The number of sulfonamides is 1. The molecule has 0 bridgehead atoms. The topological polar surface area (TPSA) is 96.0 Å². The Morgan fingerprint density at radius 1 is 1.41 bits per heavy atom. The summed E-state index contributed by atoms with van der Waals surface area (Å²) >= 11 is 0. The Kier molecular flexibility index (Phi) is 5.39. The maximum absolute atomic E-state index is 11.9. The van der Waals surface area contributed by atoms with Crippen molar-refractivity contribution in [1.29, 1.82) is 5.41 Å². The first-order valence-corrected chi connectivity index (χ1v) is 7.93. The van der Waals surface area contributed by atoms with E-state index < -0.39 is 16.1 Å². The van der Waals surface area contributed by atoms with E-state index in [9.17, 15) is 8.42 Å². The summed E-state index contributed by atoms with van der Waals surface area (Å²) in [6.07, 6.45) is 5.98. The summed E-state index contributed by atoms with van der Waals surface area (Å²) < 4.78 is 26.3. The molecular weight excluding hydrogens is 238 g/mol. The van der Waals surface area contributed by atoms with Crippen molar-refractivity contribution in [2.24, 2.45) is 11.7 Å². The molecule has 6 heteroatoms. The molecule has 0 saturated heterocycles. The van der Waals surface area contributed by atoms with Crippen LogP contribution in [0.2, 0.25) is 0 Å². The molecule has 1 unspecified atom stereocenters. The van der Waals surface area contributed by atoms with Gasteiger partial charge in [-0.05, 0) is 25.2 Å². The predicted octanol–water partition coefficient (Wildman–Crippen LogP) is 1.20. The van der Waals surface area contributed by atoms with Crippen LogP contribution < -0.4 is 10.5 Å². The first kappa shape index (κ1) is 14.4. The second-order valence-corrected chi connectivity index (χ2v) is 6.62. The molecule has 0 aromatic heterocycles. The van der Waals surface area contributed by atoms with E-state index in [4.69, 9.17) is 11.1 Å². The molecule has 0 amide bonds. The molecule has 0 aromatic carbocycles. The van der Waals surface area contributed by atoms with Crippen molar-refractivity contribution in [2.45, 2.75) is 51.5 Å². The molecule has 4 N–H and O–H groups in total.